The Kier molecular flexibility index (Phi) is 6.84. The molecule has 0 radical (unpaired) electrons. The maximum Gasteiger partial charge on any atom is 0.135 e. The van der Waals surface area contributed by atoms with Crippen LogP contribution in [0, 0.1) is 32.5 Å². The summed E-state index contributed by atoms with van der Waals surface area (Å²) in [5.74, 6) is 0.882. The van der Waals surface area contributed by atoms with Crippen molar-refractivity contribution in [1.29, 1.82) is 0 Å². The van der Waals surface area contributed by atoms with E-state index < -0.39 is 75.0 Å². The summed E-state index contributed by atoms with van der Waals surface area (Å²) in [7, 11) is 0. The van der Waals surface area contributed by atoms with Gasteiger partial charge in [-0.15, -0.1) is 48.1 Å². The first-order valence-electron chi connectivity index (χ1n) is 30.1. The summed E-state index contributed by atoms with van der Waals surface area (Å²) in [6, 6.07) is 47.5. The number of hydrogen-bond acceptors (Lipinski definition) is 4. The smallest absolute Gasteiger partial charge is 0.135 e. The van der Waals surface area contributed by atoms with E-state index in [0.29, 0.717) is 34.0 Å². The zero-order valence-electron chi connectivity index (χ0n) is 53.7. The van der Waals surface area contributed by atoms with Crippen molar-refractivity contribution in [3.63, 3.8) is 0 Å². The second-order valence-electron chi connectivity index (χ2n) is 15.5. The zero-order chi connectivity index (χ0) is 60.2. The molecule has 8 aromatic carbocycles. The molecule has 326 valence electrons. The molecule has 0 bridgehead atoms. The third kappa shape index (κ3) is 7.78. The third-order valence-electron chi connectivity index (χ3n) is 11.4. The minimum absolute atomic E-state index is 0. The first-order valence-corrected chi connectivity index (χ1v) is 20.6. The minimum atomic E-state index is -3.92. The molecule has 0 spiro atoms. The molecular formula is C60H47N4OPt-3. The van der Waals surface area contributed by atoms with Gasteiger partial charge in [0.05, 0.1) is 5.48 Å². The van der Waals surface area contributed by atoms with Crippen LogP contribution in [0.25, 0.3) is 61.0 Å². The van der Waals surface area contributed by atoms with Crippen LogP contribution >= 0.6 is 0 Å². The molecule has 0 saturated heterocycles. The number of pyridine rings is 1. The van der Waals surface area contributed by atoms with E-state index in [9.17, 15) is 5.48 Å². The fourth-order valence-electron chi connectivity index (χ4n) is 8.39. The van der Waals surface area contributed by atoms with Gasteiger partial charge in [0.25, 0.3) is 0 Å². The van der Waals surface area contributed by atoms with Crippen molar-refractivity contribution >= 4 is 44.6 Å². The van der Waals surface area contributed by atoms with Crippen molar-refractivity contribution in [3.8, 4) is 50.7 Å². The number of benzene rings is 8. The summed E-state index contributed by atoms with van der Waals surface area (Å²) in [4.78, 5) is 7.98. The SMILES string of the molecule is [2H]c1c([2H])c(C(C([2H])([2H])[2H])(C([2H])([2H])[2H])C([2H])([2H])[2H])c([2H])c([2H])c1-c1cccc(-c2ccc(-c3ccccc3)cc2C([2H])([2H])[2H])c1N1[CH-]N(c2[c-]c(Oc3[c-]c4c(cc3)c3ccccc3n4-c3cc(C([2H])([2H])[2H])ccn3)ccc2)c2ccccc21.[Pt]. The van der Waals surface area contributed by atoms with Crippen LogP contribution in [-0.4, -0.2) is 9.55 Å². The van der Waals surface area contributed by atoms with Gasteiger partial charge in [-0.1, -0.05) is 147 Å². The molecule has 0 atom stereocenters. The van der Waals surface area contributed by atoms with Gasteiger partial charge < -0.3 is 19.1 Å². The van der Waals surface area contributed by atoms with Crippen LogP contribution in [-0.2, 0) is 26.5 Å². The van der Waals surface area contributed by atoms with E-state index in [2.05, 4.69) is 17.1 Å². The number of aromatic nitrogens is 2. The van der Waals surface area contributed by atoms with Crippen LogP contribution in [0.2, 0.25) is 0 Å². The molecule has 10 aromatic rings. The average Bonchev–Trinajstić information content (AvgIpc) is 1.37. The van der Waals surface area contributed by atoms with E-state index in [4.69, 9.17) is 25.3 Å². The van der Waals surface area contributed by atoms with Crippen LogP contribution in [0.5, 0.6) is 11.5 Å². The Hall–Kier alpha value is -7.20. The maximum atomic E-state index is 9.59. The normalized spacial score (nSPS) is 17.5. The number of fused-ring (bicyclic) bond motifs is 4. The molecule has 11 rings (SSSR count). The van der Waals surface area contributed by atoms with Gasteiger partial charge in [-0.25, -0.2) is 4.98 Å². The van der Waals surface area contributed by atoms with E-state index in [1.165, 1.54) is 30.5 Å². The molecule has 0 amide bonds. The number of para-hydroxylation sites is 4. The largest absolute Gasteiger partial charge is 0.509 e. The topological polar surface area (TPSA) is 33.5 Å². The second kappa shape index (κ2) is 17.3. The summed E-state index contributed by atoms with van der Waals surface area (Å²) in [6.07, 6.45) is 1.45. The number of hydrogen-bond donors (Lipinski definition) is 0. The molecule has 1 aliphatic rings. The Balaban J connectivity index is 0.00000803. The van der Waals surface area contributed by atoms with Crippen molar-refractivity contribution in [1.82, 2.24) is 9.55 Å². The summed E-state index contributed by atoms with van der Waals surface area (Å²) < 4.78 is 173. The summed E-state index contributed by atoms with van der Waals surface area (Å²) >= 11 is 0. The first-order chi connectivity index (χ1) is 39.5. The van der Waals surface area contributed by atoms with Gasteiger partial charge in [0.2, 0.25) is 0 Å². The number of nitrogens with zero attached hydrogens (tertiary/aromatic N) is 4. The van der Waals surface area contributed by atoms with Gasteiger partial charge in [0.15, 0.2) is 0 Å². The average molecular weight is 1050 g/mol. The Morgan fingerprint density at radius 3 is 2.18 bits per heavy atom. The summed E-state index contributed by atoms with van der Waals surface area (Å²) in [6.45, 7) is -15.2. The molecule has 5 nitrogen and oxygen atoms in total. The molecule has 66 heavy (non-hydrogen) atoms. The molecule has 2 aromatic heterocycles. The van der Waals surface area contributed by atoms with Crippen LogP contribution in [0.1, 0.15) is 63.3 Å². The Labute approximate surface area is 428 Å². The monoisotopic (exact) mass is 1050 g/mol. The van der Waals surface area contributed by atoms with Crippen molar-refractivity contribution in [2.45, 2.75) is 39.7 Å². The van der Waals surface area contributed by atoms with Gasteiger partial charge in [0, 0.05) is 93.0 Å². The van der Waals surface area contributed by atoms with E-state index in [1.54, 1.807) is 89.3 Å². The second-order valence-corrected chi connectivity index (χ2v) is 15.5. The fourth-order valence-corrected chi connectivity index (χ4v) is 8.39. The van der Waals surface area contributed by atoms with Gasteiger partial charge in [0.1, 0.15) is 5.82 Å². The van der Waals surface area contributed by atoms with Crippen molar-refractivity contribution in [3.05, 3.63) is 224 Å². The first kappa shape index (κ1) is 26.1. The third-order valence-corrected chi connectivity index (χ3v) is 11.4. The van der Waals surface area contributed by atoms with E-state index in [0.717, 1.165) is 21.9 Å². The van der Waals surface area contributed by atoms with Gasteiger partial charge >= 0.3 is 0 Å². The molecule has 0 fully saturated rings. The summed E-state index contributed by atoms with van der Waals surface area (Å²) in [5, 5.41) is 1.67. The molecule has 0 aliphatic carbocycles. The quantitative estimate of drug-likeness (QED) is 0.142. The van der Waals surface area contributed by atoms with E-state index >= 15 is 0 Å². The summed E-state index contributed by atoms with van der Waals surface area (Å²) in [5.41, 5.74) is -1.17. The number of rotatable bonds is 8. The number of aryl methyl sites for hydroxylation is 2. The van der Waals surface area contributed by atoms with Crippen LogP contribution in [0.4, 0.5) is 22.7 Å². The van der Waals surface area contributed by atoms with E-state index in [1.807, 2.05) is 65.2 Å². The molecule has 0 N–H and O–H groups in total. The molecule has 1 aliphatic heterocycles. The van der Waals surface area contributed by atoms with Crippen molar-refractivity contribution < 1.29 is 51.8 Å². The van der Waals surface area contributed by atoms with Crippen molar-refractivity contribution in [2.75, 3.05) is 9.80 Å². The fraction of sp³-hybridized carbons (Fsp3) is 0.100. The zero-order valence-corrected chi connectivity index (χ0v) is 37.0. The Morgan fingerprint density at radius 2 is 1.36 bits per heavy atom. The molecular weight excluding hydrogens is 988 g/mol. The van der Waals surface area contributed by atoms with Gasteiger partial charge in [-0.3, -0.25) is 0 Å². The molecule has 0 saturated carbocycles. The van der Waals surface area contributed by atoms with Gasteiger partial charge in [-0.05, 0) is 93.8 Å². The molecule has 6 heteroatoms. The van der Waals surface area contributed by atoms with Crippen LogP contribution in [0.15, 0.2) is 188 Å². The number of anilines is 4. The maximum absolute atomic E-state index is 9.59. The minimum Gasteiger partial charge on any atom is -0.509 e. The van der Waals surface area contributed by atoms with E-state index in [-0.39, 0.29) is 66.1 Å². The Bertz CT molecular complexity index is 4160. The standard InChI is InChI=1S/C60H47N4O.Pt/c1-40-33-34-61-58(35-40)64-54-22-10-9-19-51(54)52-32-30-48(38-57(52)64)65-47-18-13-17-46(37-47)62-39-63(56-24-12-11-23-55(56)62)59-50(43-25-28-45(29-26-43)60(3,4)5)20-14-21-53(59)49-31-27-44(36-41(49)2)42-15-7-6-8-16-42;/h6-36,39H,1-5H3;/q-3;/i1D3,2D3,3D3,4D3,5D3,25D,26D,28D,29D;. The van der Waals surface area contributed by atoms with Crippen molar-refractivity contribution in [2.24, 2.45) is 0 Å². The number of ether oxygens (including phenoxy) is 1. The predicted molar refractivity (Wildman–Crippen MR) is 269 cm³/mol. The molecule has 3 heterocycles. The predicted octanol–water partition coefficient (Wildman–Crippen LogP) is 15.9. The van der Waals surface area contributed by atoms with Gasteiger partial charge in [-0.2, -0.15) is 12.1 Å². The van der Waals surface area contributed by atoms with Crippen LogP contribution < -0.4 is 14.5 Å². The molecule has 0 unspecified atom stereocenters. The van der Waals surface area contributed by atoms with Crippen LogP contribution in [0.3, 0.4) is 0 Å². The Morgan fingerprint density at radius 1 is 0.606 bits per heavy atom.